The normalized spacial score (nSPS) is 10.9. The van der Waals surface area contributed by atoms with Crippen molar-refractivity contribution in [1.29, 1.82) is 0 Å². The van der Waals surface area contributed by atoms with Crippen molar-refractivity contribution in [2.75, 3.05) is 23.7 Å². The van der Waals surface area contributed by atoms with Crippen molar-refractivity contribution in [2.45, 2.75) is 20.8 Å². The number of amides is 1. The zero-order valence-electron chi connectivity index (χ0n) is 11.8. The highest BCUT2D eigenvalue weighted by Gasteiger charge is 2.26. The monoisotopic (exact) mass is 281 g/mol. The Balaban J connectivity index is 2.98. The molecule has 0 fully saturated rings. The molecule has 1 amide bonds. The number of nitrogens with one attached hydrogen (secondary N) is 2. The third-order valence-corrected chi connectivity index (χ3v) is 2.79. The second-order valence-corrected chi connectivity index (χ2v) is 4.95. The van der Waals surface area contributed by atoms with Crippen molar-refractivity contribution in [3.63, 3.8) is 0 Å². The highest BCUT2D eigenvalue weighted by atomic mass is 16.6. The van der Waals surface area contributed by atoms with E-state index in [0.29, 0.717) is 12.4 Å². The fraction of sp³-hybridized carbons (Fsp3) is 0.500. The predicted octanol–water partition coefficient (Wildman–Crippen LogP) is 1.34. The molecule has 1 rings (SSSR count). The first kappa shape index (κ1) is 15.7. The first-order valence-electron chi connectivity index (χ1n) is 6.21. The Morgan fingerprint density at radius 3 is 2.60 bits per heavy atom. The fourth-order valence-electron chi connectivity index (χ4n) is 1.40. The maximum atomic E-state index is 11.2. The summed E-state index contributed by atoms with van der Waals surface area (Å²) in [5, 5.41) is 16.8. The standard InChI is InChI=1S/C12H19N5O3/c1-4-14-9-6-5-8(17(19)20)10(16-9)15-7-12(2,3)11(13)18/h5-6H,4,7H2,1-3H3,(H2,13,18)(H2,14,15,16). The molecule has 0 saturated heterocycles. The van der Waals surface area contributed by atoms with Crippen LogP contribution in [0.3, 0.4) is 0 Å². The number of anilines is 2. The minimum atomic E-state index is -0.830. The number of nitrogens with zero attached hydrogens (tertiary/aromatic N) is 2. The average molecular weight is 281 g/mol. The van der Waals surface area contributed by atoms with Crippen LogP contribution in [0.4, 0.5) is 17.3 Å². The summed E-state index contributed by atoms with van der Waals surface area (Å²) in [5.41, 5.74) is 4.29. The van der Waals surface area contributed by atoms with Gasteiger partial charge >= 0.3 is 5.69 Å². The highest BCUT2D eigenvalue weighted by molar-refractivity contribution is 5.80. The van der Waals surface area contributed by atoms with E-state index in [2.05, 4.69) is 15.6 Å². The van der Waals surface area contributed by atoms with Crippen molar-refractivity contribution in [3.8, 4) is 0 Å². The van der Waals surface area contributed by atoms with Crippen LogP contribution in [0.5, 0.6) is 0 Å². The molecule has 0 aliphatic rings. The molecule has 0 atom stereocenters. The number of carbonyl (C=O) groups excluding carboxylic acids is 1. The number of aromatic nitrogens is 1. The Labute approximate surface area is 116 Å². The van der Waals surface area contributed by atoms with Crippen LogP contribution in [0, 0.1) is 15.5 Å². The van der Waals surface area contributed by atoms with Gasteiger partial charge in [0.2, 0.25) is 11.7 Å². The van der Waals surface area contributed by atoms with Crippen molar-refractivity contribution >= 4 is 23.2 Å². The zero-order chi connectivity index (χ0) is 15.3. The minimum absolute atomic E-state index is 0.114. The molecule has 0 saturated carbocycles. The molecule has 0 aliphatic carbocycles. The van der Waals surface area contributed by atoms with Gasteiger partial charge in [0, 0.05) is 19.2 Å². The molecule has 0 aliphatic heterocycles. The molecule has 1 aromatic heterocycles. The van der Waals surface area contributed by atoms with Crippen LogP contribution in [-0.4, -0.2) is 28.9 Å². The molecule has 0 spiro atoms. The molecule has 8 nitrogen and oxygen atoms in total. The minimum Gasteiger partial charge on any atom is -0.370 e. The number of pyridine rings is 1. The lowest BCUT2D eigenvalue weighted by atomic mass is 9.93. The molecule has 0 unspecified atom stereocenters. The van der Waals surface area contributed by atoms with Gasteiger partial charge in [-0.3, -0.25) is 14.9 Å². The van der Waals surface area contributed by atoms with Gasteiger partial charge in [-0.15, -0.1) is 0 Å². The summed E-state index contributed by atoms with van der Waals surface area (Å²) < 4.78 is 0. The lowest BCUT2D eigenvalue weighted by molar-refractivity contribution is -0.384. The van der Waals surface area contributed by atoms with Gasteiger partial charge in [0.1, 0.15) is 5.82 Å². The van der Waals surface area contributed by atoms with E-state index < -0.39 is 16.2 Å². The topological polar surface area (TPSA) is 123 Å². The maximum Gasteiger partial charge on any atom is 0.311 e. The van der Waals surface area contributed by atoms with Gasteiger partial charge in [-0.25, -0.2) is 4.98 Å². The SMILES string of the molecule is CCNc1ccc([N+](=O)[O-])c(NCC(C)(C)C(N)=O)n1. The van der Waals surface area contributed by atoms with E-state index in [1.54, 1.807) is 13.8 Å². The Bertz CT molecular complexity index is 516. The summed E-state index contributed by atoms with van der Waals surface area (Å²) in [6.45, 7) is 6.01. The summed E-state index contributed by atoms with van der Waals surface area (Å²) in [4.78, 5) is 25.8. The molecule has 4 N–H and O–H groups in total. The summed E-state index contributed by atoms with van der Waals surface area (Å²) in [7, 11) is 0. The second-order valence-electron chi connectivity index (χ2n) is 4.95. The van der Waals surface area contributed by atoms with E-state index in [4.69, 9.17) is 5.73 Å². The quantitative estimate of drug-likeness (QED) is 0.512. The van der Waals surface area contributed by atoms with Crippen LogP contribution in [0.15, 0.2) is 12.1 Å². The molecule has 0 aromatic carbocycles. The summed E-state index contributed by atoms with van der Waals surface area (Å²) in [6.07, 6.45) is 0. The maximum absolute atomic E-state index is 11.2. The molecule has 20 heavy (non-hydrogen) atoms. The second kappa shape index (κ2) is 6.18. The van der Waals surface area contributed by atoms with E-state index in [9.17, 15) is 14.9 Å². The Morgan fingerprint density at radius 1 is 1.45 bits per heavy atom. The van der Waals surface area contributed by atoms with Crippen molar-refractivity contribution < 1.29 is 9.72 Å². The van der Waals surface area contributed by atoms with Crippen molar-refractivity contribution in [2.24, 2.45) is 11.1 Å². The number of hydrogen-bond donors (Lipinski definition) is 3. The summed E-state index contributed by atoms with van der Waals surface area (Å²) in [5.74, 6) is 0.149. The lowest BCUT2D eigenvalue weighted by Gasteiger charge is -2.21. The van der Waals surface area contributed by atoms with E-state index in [-0.39, 0.29) is 18.1 Å². The fourth-order valence-corrected chi connectivity index (χ4v) is 1.40. The molecule has 0 radical (unpaired) electrons. The van der Waals surface area contributed by atoms with Crippen molar-refractivity contribution in [3.05, 3.63) is 22.2 Å². The van der Waals surface area contributed by atoms with Gasteiger partial charge in [0.25, 0.3) is 0 Å². The van der Waals surface area contributed by atoms with Gasteiger partial charge < -0.3 is 16.4 Å². The number of primary amides is 1. The molecule has 1 aromatic rings. The third kappa shape index (κ3) is 3.81. The lowest BCUT2D eigenvalue weighted by Crippen LogP contribution is -2.37. The Kier molecular flexibility index (Phi) is 4.84. The van der Waals surface area contributed by atoms with Gasteiger partial charge in [-0.2, -0.15) is 0 Å². The van der Waals surface area contributed by atoms with E-state index in [1.807, 2.05) is 6.92 Å². The molecule has 110 valence electrons. The van der Waals surface area contributed by atoms with Crippen LogP contribution in [0.2, 0.25) is 0 Å². The highest BCUT2D eigenvalue weighted by Crippen LogP contribution is 2.25. The number of rotatable bonds is 7. The number of nitrogens with two attached hydrogens (primary N) is 1. The van der Waals surface area contributed by atoms with Gasteiger partial charge in [-0.1, -0.05) is 0 Å². The van der Waals surface area contributed by atoms with Gasteiger partial charge in [0.15, 0.2) is 0 Å². The smallest absolute Gasteiger partial charge is 0.311 e. The third-order valence-electron chi connectivity index (χ3n) is 2.79. The van der Waals surface area contributed by atoms with Crippen LogP contribution in [0.25, 0.3) is 0 Å². The van der Waals surface area contributed by atoms with Gasteiger partial charge in [-0.05, 0) is 26.8 Å². The number of carbonyl (C=O) groups is 1. The number of nitro groups is 1. The molecule has 1 heterocycles. The molecule has 8 heteroatoms. The summed E-state index contributed by atoms with van der Waals surface area (Å²) >= 11 is 0. The van der Waals surface area contributed by atoms with Crippen LogP contribution in [-0.2, 0) is 4.79 Å². The van der Waals surface area contributed by atoms with Crippen LogP contribution < -0.4 is 16.4 Å². The Hall–Kier alpha value is -2.38. The first-order chi connectivity index (χ1) is 9.27. The largest absolute Gasteiger partial charge is 0.370 e. The molecular formula is C12H19N5O3. The number of hydrogen-bond acceptors (Lipinski definition) is 6. The predicted molar refractivity (Wildman–Crippen MR) is 76.5 cm³/mol. The molecule has 0 bridgehead atoms. The summed E-state index contributed by atoms with van der Waals surface area (Å²) in [6, 6.07) is 2.90. The van der Waals surface area contributed by atoms with E-state index in [0.717, 1.165) is 0 Å². The van der Waals surface area contributed by atoms with Crippen LogP contribution >= 0.6 is 0 Å². The first-order valence-corrected chi connectivity index (χ1v) is 6.21. The van der Waals surface area contributed by atoms with E-state index in [1.165, 1.54) is 12.1 Å². The van der Waals surface area contributed by atoms with Crippen molar-refractivity contribution in [1.82, 2.24) is 4.98 Å². The van der Waals surface area contributed by atoms with Crippen LogP contribution in [0.1, 0.15) is 20.8 Å². The average Bonchev–Trinajstić information content (AvgIpc) is 2.36. The van der Waals surface area contributed by atoms with E-state index >= 15 is 0 Å². The zero-order valence-corrected chi connectivity index (χ0v) is 11.8. The Morgan fingerprint density at radius 2 is 2.10 bits per heavy atom. The van der Waals surface area contributed by atoms with Gasteiger partial charge in [0.05, 0.1) is 10.3 Å². The molecular weight excluding hydrogens is 262 g/mol.